The Kier molecular flexibility index (Phi) is 7.09. The Labute approximate surface area is 174 Å². The molecule has 3 aromatic rings. The van der Waals surface area contributed by atoms with Crippen LogP contribution in [0.3, 0.4) is 0 Å². The lowest BCUT2D eigenvalue weighted by molar-refractivity contribution is -0.150. The summed E-state index contributed by atoms with van der Waals surface area (Å²) >= 11 is 0. The van der Waals surface area contributed by atoms with Crippen LogP contribution in [-0.2, 0) is 12.8 Å². The van der Waals surface area contributed by atoms with Crippen molar-refractivity contribution in [1.29, 1.82) is 0 Å². The number of hydrogen-bond donors (Lipinski definition) is 0. The molecule has 30 heavy (non-hydrogen) atoms. The maximum atomic E-state index is 14.0. The Morgan fingerprint density at radius 1 is 0.833 bits per heavy atom. The summed E-state index contributed by atoms with van der Waals surface area (Å²) in [5.74, 6) is -1.75. The molecule has 0 bridgehead atoms. The molecule has 0 saturated heterocycles. The van der Waals surface area contributed by atoms with E-state index in [4.69, 9.17) is 0 Å². The van der Waals surface area contributed by atoms with Crippen molar-refractivity contribution in [2.45, 2.75) is 38.3 Å². The van der Waals surface area contributed by atoms with Gasteiger partial charge in [-0.1, -0.05) is 92.2 Å². The van der Waals surface area contributed by atoms with E-state index in [1.54, 1.807) is 54.6 Å². The first-order valence-electron chi connectivity index (χ1n) is 10.0. The van der Waals surface area contributed by atoms with Crippen LogP contribution in [0.25, 0.3) is 12.2 Å². The van der Waals surface area contributed by atoms with Crippen molar-refractivity contribution < 1.29 is 17.6 Å². The third kappa shape index (κ3) is 5.82. The molecular formula is C26H24F4. The molecule has 0 aliphatic heterocycles. The Hall–Kier alpha value is -2.88. The van der Waals surface area contributed by atoms with Crippen molar-refractivity contribution in [3.63, 3.8) is 0 Å². The zero-order valence-electron chi connectivity index (χ0n) is 16.8. The maximum Gasteiger partial charge on any atom is 0.396 e. The van der Waals surface area contributed by atoms with Crippen LogP contribution in [0.2, 0.25) is 0 Å². The minimum absolute atomic E-state index is 0.110. The van der Waals surface area contributed by atoms with Gasteiger partial charge < -0.3 is 0 Å². The van der Waals surface area contributed by atoms with Gasteiger partial charge in [0.15, 0.2) is 0 Å². The van der Waals surface area contributed by atoms with Crippen molar-refractivity contribution in [2.24, 2.45) is 0 Å². The molecule has 0 aliphatic rings. The SMILES string of the molecule is CCCc1ccc(C=Cc2ccc(C[C@@H](c3ccccc3)C(F)(F)F)cc2)cc1F. The van der Waals surface area contributed by atoms with Crippen LogP contribution in [0.15, 0.2) is 72.8 Å². The minimum atomic E-state index is -4.31. The third-order valence-electron chi connectivity index (χ3n) is 5.08. The Balaban J connectivity index is 1.71. The smallest absolute Gasteiger partial charge is 0.207 e. The van der Waals surface area contributed by atoms with Gasteiger partial charge in [-0.15, -0.1) is 0 Å². The minimum Gasteiger partial charge on any atom is -0.207 e. The topological polar surface area (TPSA) is 0 Å². The lowest BCUT2D eigenvalue weighted by Crippen LogP contribution is -2.22. The zero-order valence-corrected chi connectivity index (χ0v) is 16.8. The summed E-state index contributed by atoms with van der Waals surface area (Å²) in [5, 5.41) is 0. The molecule has 1 atom stereocenters. The second-order valence-corrected chi connectivity index (χ2v) is 7.38. The Bertz CT molecular complexity index is 970. The van der Waals surface area contributed by atoms with Gasteiger partial charge >= 0.3 is 6.18 Å². The number of rotatable bonds is 7. The van der Waals surface area contributed by atoms with Gasteiger partial charge in [0.1, 0.15) is 5.82 Å². The summed E-state index contributed by atoms with van der Waals surface area (Å²) in [6.07, 6.45) is 0.805. The number of aryl methyl sites for hydroxylation is 1. The lowest BCUT2D eigenvalue weighted by atomic mass is 9.91. The zero-order chi connectivity index (χ0) is 21.6. The van der Waals surface area contributed by atoms with Crippen molar-refractivity contribution in [3.05, 3.63) is 106 Å². The second kappa shape index (κ2) is 9.75. The van der Waals surface area contributed by atoms with Crippen LogP contribution in [0.1, 0.15) is 47.1 Å². The van der Waals surface area contributed by atoms with Gasteiger partial charge in [0.25, 0.3) is 0 Å². The number of hydrogen-bond acceptors (Lipinski definition) is 0. The fourth-order valence-electron chi connectivity index (χ4n) is 3.44. The van der Waals surface area contributed by atoms with E-state index in [2.05, 4.69) is 0 Å². The van der Waals surface area contributed by atoms with E-state index >= 15 is 0 Å². The summed E-state index contributed by atoms with van der Waals surface area (Å²) in [6, 6.07) is 20.1. The highest BCUT2D eigenvalue weighted by atomic mass is 19.4. The third-order valence-corrected chi connectivity index (χ3v) is 5.08. The molecule has 3 rings (SSSR count). The molecule has 0 aliphatic carbocycles. The largest absolute Gasteiger partial charge is 0.396 e. The summed E-state index contributed by atoms with van der Waals surface area (Å²) in [4.78, 5) is 0. The van der Waals surface area contributed by atoms with Gasteiger partial charge in [-0.05, 0) is 46.7 Å². The van der Waals surface area contributed by atoms with Gasteiger partial charge in [-0.3, -0.25) is 0 Å². The van der Waals surface area contributed by atoms with E-state index in [0.717, 1.165) is 17.5 Å². The molecule has 0 spiro atoms. The molecule has 4 heteroatoms. The van der Waals surface area contributed by atoms with E-state index in [9.17, 15) is 17.6 Å². The predicted molar refractivity (Wildman–Crippen MR) is 115 cm³/mol. The molecule has 0 heterocycles. The van der Waals surface area contributed by atoms with Crippen LogP contribution < -0.4 is 0 Å². The van der Waals surface area contributed by atoms with E-state index in [1.165, 1.54) is 18.2 Å². The number of benzene rings is 3. The van der Waals surface area contributed by atoms with Gasteiger partial charge in [0.2, 0.25) is 0 Å². The molecule has 0 aromatic heterocycles. The Morgan fingerprint density at radius 3 is 2.07 bits per heavy atom. The first kappa shape index (κ1) is 21.8. The summed E-state index contributed by atoms with van der Waals surface area (Å²) in [5.41, 5.74) is 3.19. The standard InChI is InChI=1S/C26H24F4/c1-2-6-23-16-15-21(18-25(23)27)14-11-19-9-12-20(13-10-19)17-24(26(28,29)30)22-7-4-3-5-8-22/h3-5,7-16,18,24H,2,6,17H2,1H3/t24-/m0/s1. The van der Waals surface area contributed by atoms with E-state index in [1.807, 2.05) is 19.1 Å². The molecular weight excluding hydrogens is 388 g/mol. The van der Waals surface area contributed by atoms with Gasteiger partial charge in [0, 0.05) is 0 Å². The lowest BCUT2D eigenvalue weighted by Gasteiger charge is -2.21. The average molecular weight is 412 g/mol. The van der Waals surface area contributed by atoms with Crippen molar-refractivity contribution in [2.75, 3.05) is 0 Å². The maximum absolute atomic E-state index is 14.0. The normalized spacial score (nSPS) is 13.0. The summed E-state index contributed by atoms with van der Waals surface area (Å²) < 4.78 is 54.7. The Morgan fingerprint density at radius 2 is 1.47 bits per heavy atom. The van der Waals surface area contributed by atoms with Crippen LogP contribution >= 0.6 is 0 Å². The molecule has 0 amide bonds. The van der Waals surface area contributed by atoms with E-state index in [-0.39, 0.29) is 17.8 Å². The van der Waals surface area contributed by atoms with E-state index in [0.29, 0.717) is 17.5 Å². The first-order valence-corrected chi connectivity index (χ1v) is 10.0. The molecule has 0 N–H and O–H groups in total. The fraction of sp³-hybridized carbons (Fsp3) is 0.231. The molecule has 0 radical (unpaired) electrons. The quantitative estimate of drug-likeness (QED) is 0.274. The van der Waals surface area contributed by atoms with Crippen molar-refractivity contribution >= 4 is 12.2 Å². The fourth-order valence-corrected chi connectivity index (χ4v) is 3.44. The van der Waals surface area contributed by atoms with Crippen LogP contribution in [-0.4, -0.2) is 6.18 Å². The number of halogens is 4. The molecule has 0 unspecified atom stereocenters. The molecule has 0 nitrogen and oxygen atoms in total. The van der Waals surface area contributed by atoms with Gasteiger partial charge in [0.05, 0.1) is 5.92 Å². The summed E-state index contributed by atoms with van der Waals surface area (Å²) in [7, 11) is 0. The predicted octanol–water partition coefficient (Wildman–Crippen LogP) is 7.84. The first-order chi connectivity index (χ1) is 14.4. The van der Waals surface area contributed by atoms with E-state index < -0.39 is 12.1 Å². The highest BCUT2D eigenvalue weighted by Gasteiger charge is 2.40. The number of alkyl halides is 3. The monoisotopic (exact) mass is 412 g/mol. The molecule has 0 fully saturated rings. The summed E-state index contributed by atoms with van der Waals surface area (Å²) in [6.45, 7) is 2.01. The van der Waals surface area contributed by atoms with Crippen molar-refractivity contribution in [1.82, 2.24) is 0 Å². The van der Waals surface area contributed by atoms with Crippen LogP contribution in [0.5, 0.6) is 0 Å². The molecule has 156 valence electrons. The van der Waals surface area contributed by atoms with Gasteiger partial charge in [-0.2, -0.15) is 13.2 Å². The second-order valence-electron chi connectivity index (χ2n) is 7.38. The average Bonchev–Trinajstić information content (AvgIpc) is 2.73. The highest BCUT2D eigenvalue weighted by molar-refractivity contribution is 5.69. The van der Waals surface area contributed by atoms with Crippen molar-refractivity contribution in [3.8, 4) is 0 Å². The van der Waals surface area contributed by atoms with Crippen LogP contribution in [0.4, 0.5) is 17.6 Å². The molecule has 3 aromatic carbocycles. The van der Waals surface area contributed by atoms with Crippen LogP contribution in [0, 0.1) is 5.82 Å². The molecule has 0 saturated carbocycles. The highest BCUT2D eigenvalue weighted by Crippen LogP contribution is 2.37. The van der Waals surface area contributed by atoms with Gasteiger partial charge in [-0.25, -0.2) is 4.39 Å².